The third-order valence-electron chi connectivity index (χ3n) is 5.96. The molecule has 27 heavy (non-hydrogen) atoms. The zero-order chi connectivity index (χ0) is 18.9. The number of piperidine rings is 2. The average Bonchev–Trinajstić information content (AvgIpc) is 2.60. The fourth-order valence-corrected chi connectivity index (χ4v) is 4.59. The number of nitrogens with one attached hydrogen (secondary N) is 2. The maximum atomic E-state index is 4.41. The number of unbranched alkanes of at least 4 members (excludes halogenated alkanes) is 1. The maximum Gasteiger partial charge on any atom is 0.191 e. The van der Waals surface area contributed by atoms with Crippen LogP contribution >= 0.6 is 24.0 Å². The van der Waals surface area contributed by atoms with E-state index in [0.29, 0.717) is 12.1 Å². The molecule has 2 saturated heterocycles. The van der Waals surface area contributed by atoms with Crippen molar-refractivity contribution in [3.63, 3.8) is 0 Å². The topological polar surface area (TPSA) is 42.9 Å². The summed E-state index contributed by atoms with van der Waals surface area (Å²) in [7, 11) is 1.88. The molecule has 6 heteroatoms. The molecule has 2 heterocycles. The van der Waals surface area contributed by atoms with Gasteiger partial charge in [-0.25, -0.2) is 0 Å². The molecule has 2 N–H and O–H groups in total. The number of guanidine groups is 1. The van der Waals surface area contributed by atoms with E-state index in [-0.39, 0.29) is 24.0 Å². The lowest BCUT2D eigenvalue weighted by Crippen LogP contribution is -2.50. The lowest BCUT2D eigenvalue weighted by molar-refractivity contribution is 0.139. The summed E-state index contributed by atoms with van der Waals surface area (Å²) < 4.78 is 0. The van der Waals surface area contributed by atoms with E-state index in [1.807, 2.05) is 7.05 Å². The normalized spacial score (nSPS) is 26.1. The molecule has 0 radical (unpaired) electrons. The van der Waals surface area contributed by atoms with Crippen LogP contribution in [0.15, 0.2) is 4.99 Å². The quantitative estimate of drug-likeness (QED) is 0.247. The van der Waals surface area contributed by atoms with Gasteiger partial charge in [0, 0.05) is 51.9 Å². The highest BCUT2D eigenvalue weighted by Gasteiger charge is 2.22. The second-order valence-electron chi connectivity index (χ2n) is 8.96. The van der Waals surface area contributed by atoms with Crippen LogP contribution in [0.25, 0.3) is 0 Å². The van der Waals surface area contributed by atoms with Crippen molar-refractivity contribution in [2.75, 3.05) is 46.3 Å². The van der Waals surface area contributed by atoms with Crippen molar-refractivity contribution in [3.05, 3.63) is 0 Å². The predicted octanol–water partition coefficient (Wildman–Crippen LogP) is 3.40. The minimum Gasteiger partial charge on any atom is -0.356 e. The van der Waals surface area contributed by atoms with Gasteiger partial charge in [0.05, 0.1) is 0 Å². The van der Waals surface area contributed by atoms with E-state index >= 15 is 0 Å². The number of hydrogen-bond donors (Lipinski definition) is 2. The molecule has 2 aliphatic heterocycles. The van der Waals surface area contributed by atoms with Crippen LogP contribution in [-0.2, 0) is 0 Å². The molecule has 2 unspecified atom stereocenters. The zero-order valence-corrected chi connectivity index (χ0v) is 20.7. The Morgan fingerprint density at radius 2 is 1.70 bits per heavy atom. The van der Waals surface area contributed by atoms with Gasteiger partial charge in [0.2, 0.25) is 0 Å². The molecule has 2 aliphatic rings. The molecule has 160 valence electrons. The van der Waals surface area contributed by atoms with Crippen molar-refractivity contribution in [1.82, 2.24) is 20.4 Å². The van der Waals surface area contributed by atoms with Crippen LogP contribution in [0.2, 0.25) is 0 Å². The standard InChI is InChI=1S/C21H43N5.HI/c1-17(2)26-12-8-20(9-13-26)24-21(22-5)23-10-6-7-11-25-15-18(3)14-19(4)16-25;/h17-20H,6-16H2,1-5H3,(H2,22,23,24);1H. The van der Waals surface area contributed by atoms with Gasteiger partial charge >= 0.3 is 0 Å². The summed E-state index contributed by atoms with van der Waals surface area (Å²) in [4.78, 5) is 9.64. The Kier molecular flexibility index (Phi) is 12.2. The molecule has 5 nitrogen and oxygen atoms in total. The number of rotatable bonds is 7. The Hall–Kier alpha value is -0.0800. The third kappa shape index (κ3) is 9.31. The lowest BCUT2D eigenvalue weighted by atomic mass is 9.92. The Bertz CT molecular complexity index is 411. The van der Waals surface area contributed by atoms with Crippen molar-refractivity contribution >= 4 is 29.9 Å². The van der Waals surface area contributed by atoms with Crippen molar-refractivity contribution in [2.45, 2.75) is 71.9 Å². The van der Waals surface area contributed by atoms with E-state index < -0.39 is 0 Å². The largest absolute Gasteiger partial charge is 0.356 e. The smallest absolute Gasteiger partial charge is 0.191 e. The first-order valence-corrected chi connectivity index (χ1v) is 10.9. The number of halogens is 1. The van der Waals surface area contributed by atoms with Crippen molar-refractivity contribution in [3.8, 4) is 0 Å². The van der Waals surface area contributed by atoms with Gasteiger partial charge in [0.15, 0.2) is 5.96 Å². The van der Waals surface area contributed by atoms with E-state index in [0.717, 1.165) is 24.3 Å². The van der Waals surface area contributed by atoms with Crippen molar-refractivity contribution in [2.24, 2.45) is 16.8 Å². The molecule has 0 bridgehead atoms. The molecule has 0 aromatic rings. The van der Waals surface area contributed by atoms with E-state index in [2.05, 4.69) is 53.1 Å². The first-order valence-electron chi connectivity index (χ1n) is 10.9. The Labute approximate surface area is 185 Å². The maximum absolute atomic E-state index is 4.41. The van der Waals surface area contributed by atoms with Gasteiger partial charge in [0.25, 0.3) is 0 Å². The van der Waals surface area contributed by atoms with Gasteiger partial charge in [0.1, 0.15) is 0 Å². The average molecular weight is 494 g/mol. The number of hydrogen-bond acceptors (Lipinski definition) is 3. The van der Waals surface area contributed by atoms with E-state index in [1.54, 1.807) is 0 Å². The van der Waals surface area contributed by atoms with E-state index in [9.17, 15) is 0 Å². The summed E-state index contributed by atoms with van der Waals surface area (Å²) in [6.07, 6.45) is 6.31. The number of nitrogens with zero attached hydrogens (tertiary/aromatic N) is 3. The highest BCUT2D eigenvalue weighted by atomic mass is 127. The fraction of sp³-hybridized carbons (Fsp3) is 0.952. The summed E-state index contributed by atoms with van der Waals surface area (Å²) in [5.41, 5.74) is 0. The molecule has 2 rings (SSSR count). The highest BCUT2D eigenvalue weighted by molar-refractivity contribution is 14.0. The van der Waals surface area contributed by atoms with Crippen LogP contribution in [0.3, 0.4) is 0 Å². The Morgan fingerprint density at radius 3 is 2.26 bits per heavy atom. The molecule has 0 aliphatic carbocycles. The highest BCUT2D eigenvalue weighted by Crippen LogP contribution is 2.21. The predicted molar refractivity (Wildman–Crippen MR) is 128 cm³/mol. The summed E-state index contributed by atoms with van der Waals surface area (Å²) in [6.45, 7) is 16.6. The van der Waals surface area contributed by atoms with Gasteiger partial charge < -0.3 is 20.4 Å². The van der Waals surface area contributed by atoms with Crippen molar-refractivity contribution < 1.29 is 0 Å². The monoisotopic (exact) mass is 493 g/mol. The molecular weight excluding hydrogens is 449 g/mol. The Morgan fingerprint density at radius 1 is 1.07 bits per heavy atom. The summed E-state index contributed by atoms with van der Waals surface area (Å²) in [6, 6.07) is 1.23. The molecule has 2 fully saturated rings. The molecule has 0 spiro atoms. The van der Waals surface area contributed by atoms with Crippen LogP contribution in [-0.4, -0.2) is 74.2 Å². The van der Waals surface area contributed by atoms with Crippen LogP contribution in [0.1, 0.15) is 59.8 Å². The zero-order valence-electron chi connectivity index (χ0n) is 18.3. The minimum absolute atomic E-state index is 0. The first kappa shape index (κ1) is 25.0. The van der Waals surface area contributed by atoms with Crippen LogP contribution in [0.5, 0.6) is 0 Å². The number of aliphatic imine (C=N–C) groups is 1. The molecule has 0 aromatic heterocycles. The fourth-order valence-electron chi connectivity index (χ4n) is 4.59. The van der Waals surface area contributed by atoms with Crippen LogP contribution in [0.4, 0.5) is 0 Å². The molecular formula is C21H44IN5. The van der Waals surface area contributed by atoms with Crippen LogP contribution in [0, 0.1) is 11.8 Å². The lowest BCUT2D eigenvalue weighted by Gasteiger charge is -2.35. The number of likely N-dealkylation sites (tertiary alicyclic amines) is 2. The molecule has 0 saturated carbocycles. The SMILES string of the molecule is CN=C(NCCCCN1CC(C)CC(C)C1)NC1CCN(C(C)C)CC1.I. The summed E-state index contributed by atoms with van der Waals surface area (Å²) in [5.74, 6) is 2.71. The molecule has 0 aromatic carbocycles. The second kappa shape index (κ2) is 13.2. The molecule has 2 atom stereocenters. The summed E-state index contributed by atoms with van der Waals surface area (Å²) in [5, 5.41) is 7.13. The van der Waals surface area contributed by atoms with E-state index in [1.165, 1.54) is 64.8 Å². The third-order valence-corrected chi connectivity index (χ3v) is 5.96. The van der Waals surface area contributed by atoms with Gasteiger partial charge in [-0.05, 0) is 64.3 Å². The first-order chi connectivity index (χ1) is 12.5. The second-order valence-corrected chi connectivity index (χ2v) is 8.96. The van der Waals surface area contributed by atoms with Gasteiger partial charge in [-0.15, -0.1) is 24.0 Å². The molecule has 0 amide bonds. The van der Waals surface area contributed by atoms with E-state index in [4.69, 9.17) is 0 Å². The Balaban J connectivity index is 0.00000364. The van der Waals surface area contributed by atoms with Crippen LogP contribution < -0.4 is 10.6 Å². The van der Waals surface area contributed by atoms with Gasteiger partial charge in [-0.3, -0.25) is 4.99 Å². The van der Waals surface area contributed by atoms with Gasteiger partial charge in [-0.1, -0.05) is 13.8 Å². The summed E-state index contributed by atoms with van der Waals surface area (Å²) >= 11 is 0. The minimum atomic E-state index is 0. The van der Waals surface area contributed by atoms with Crippen molar-refractivity contribution in [1.29, 1.82) is 0 Å². The van der Waals surface area contributed by atoms with Gasteiger partial charge in [-0.2, -0.15) is 0 Å².